The van der Waals surface area contributed by atoms with E-state index in [0.717, 1.165) is 17.3 Å². The molecular formula is C14H15BrN2O2. The van der Waals surface area contributed by atoms with Crippen molar-refractivity contribution < 1.29 is 9.59 Å². The molecule has 3 rings (SSSR count). The number of fused-ring (bicyclic) bond motifs is 1. The zero-order chi connectivity index (χ0) is 13.4. The van der Waals surface area contributed by atoms with Gasteiger partial charge in [0.1, 0.15) is 0 Å². The monoisotopic (exact) mass is 322 g/mol. The van der Waals surface area contributed by atoms with Crippen LogP contribution in [0.1, 0.15) is 36.4 Å². The smallest absolute Gasteiger partial charge is 0.243 e. The Labute approximate surface area is 120 Å². The Morgan fingerprint density at radius 2 is 1.95 bits per heavy atom. The summed E-state index contributed by atoms with van der Waals surface area (Å²) in [7, 11) is 0. The Morgan fingerprint density at radius 1 is 1.16 bits per heavy atom. The van der Waals surface area contributed by atoms with Crippen LogP contribution in [0.3, 0.4) is 0 Å². The van der Waals surface area contributed by atoms with Crippen LogP contribution < -0.4 is 10.6 Å². The van der Waals surface area contributed by atoms with Crippen molar-refractivity contribution in [2.24, 2.45) is 0 Å². The number of rotatable bonds is 2. The van der Waals surface area contributed by atoms with Gasteiger partial charge < -0.3 is 0 Å². The topological polar surface area (TPSA) is 58.2 Å². The van der Waals surface area contributed by atoms with Gasteiger partial charge in [0.2, 0.25) is 11.8 Å². The lowest BCUT2D eigenvalue weighted by Crippen LogP contribution is -2.51. The number of benzene rings is 1. The molecule has 5 heteroatoms. The third kappa shape index (κ3) is 2.58. The number of piperidine rings is 1. The van der Waals surface area contributed by atoms with E-state index in [1.807, 2.05) is 6.07 Å². The van der Waals surface area contributed by atoms with Gasteiger partial charge in [0, 0.05) is 16.9 Å². The minimum absolute atomic E-state index is 0.168. The first-order chi connectivity index (χ1) is 9.13. The summed E-state index contributed by atoms with van der Waals surface area (Å²) in [6.07, 6.45) is 3.04. The number of hydrogen-bond donors (Lipinski definition) is 2. The molecule has 2 unspecified atom stereocenters. The Morgan fingerprint density at radius 3 is 2.74 bits per heavy atom. The van der Waals surface area contributed by atoms with E-state index < -0.39 is 0 Å². The molecule has 1 heterocycles. The largest absolute Gasteiger partial charge is 0.299 e. The average Bonchev–Trinajstić information content (AvgIpc) is 2.75. The second-order valence-electron chi connectivity index (χ2n) is 5.10. The highest BCUT2D eigenvalue weighted by Crippen LogP contribution is 2.33. The van der Waals surface area contributed by atoms with E-state index in [1.165, 1.54) is 11.1 Å². The molecule has 0 radical (unpaired) electrons. The number of amides is 2. The zero-order valence-electron chi connectivity index (χ0n) is 10.4. The molecule has 2 atom stereocenters. The molecule has 0 saturated carbocycles. The molecule has 0 bridgehead atoms. The molecule has 0 spiro atoms. The number of carbonyl (C=O) groups is 2. The molecule has 1 aliphatic heterocycles. The summed E-state index contributed by atoms with van der Waals surface area (Å²) >= 11 is 3.48. The van der Waals surface area contributed by atoms with Gasteiger partial charge in [0.05, 0.1) is 6.04 Å². The fourth-order valence-electron chi connectivity index (χ4n) is 2.85. The highest BCUT2D eigenvalue weighted by molar-refractivity contribution is 9.10. The van der Waals surface area contributed by atoms with Crippen LogP contribution in [-0.4, -0.2) is 17.9 Å². The first kappa shape index (κ1) is 12.8. The average molecular weight is 323 g/mol. The molecule has 2 aliphatic rings. The Hall–Kier alpha value is -1.20. The number of halogens is 1. The van der Waals surface area contributed by atoms with E-state index in [2.05, 4.69) is 38.7 Å². The summed E-state index contributed by atoms with van der Waals surface area (Å²) in [4.78, 5) is 22.9. The number of nitrogens with one attached hydrogen (secondary N) is 2. The van der Waals surface area contributed by atoms with Gasteiger partial charge in [-0.2, -0.15) is 0 Å². The summed E-state index contributed by atoms with van der Waals surface area (Å²) in [5.41, 5.74) is 2.60. The van der Waals surface area contributed by atoms with E-state index >= 15 is 0 Å². The zero-order valence-corrected chi connectivity index (χ0v) is 12.0. The van der Waals surface area contributed by atoms with E-state index in [9.17, 15) is 9.59 Å². The van der Waals surface area contributed by atoms with Crippen molar-refractivity contribution in [1.82, 2.24) is 10.6 Å². The summed E-state index contributed by atoms with van der Waals surface area (Å²) in [5.74, 6) is -0.361. The molecule has 2 N–H and O–H groups in total. The molecule has 1 fully saturated rings. The van der Waals surface area contributed by atoms with Crippen molar-refractivity contribution in [2.75, 3.05) is 0 Å². The highest BCUT2D eigenvalue weighted by Gasteiger charge is 2.31. The SMILES string of the molecule is O=C1CCC(NC2CCc3cc(Br)ccc32)C(=O)N1. The van der Waals surface area contributed by atoms with Crippen molar-refractivity contribution in [3.8, 4) is 0 Å². The molecule has 0 aromatic heterocycles. The lowest BCUT2D eigenvalue weighted by atomic mass is 10.0. The molecule has 1 aromatic rings. The summed E-state index contributed by atoms with van der Waals surface area (Å²) < 4.78 is 1.09. The van der Waals surface area contributed by atoms with Crippen LogP contribution in [0.25, 0.3) is 0 Å². The van der Waals surface area contributed by atoms with Gasteiger partial charge in [-0.05, 0) is 42.5 Å². The molecule has 1 saturated heterocycles. The van der Waals surface area contributed by atoms with Gasteiger partial charge >= 0.3 is 0 Å². The molecule has 2 amide bonds. The minimum Gasteiger partial charge on any atom is -0.299 e. The third-order valence-corrected chi connectivity index (χ3v) is 4.32. The normalized spacial score (nSPS) is 26.2. The summed E-state index contributed by atoms with van der Waals surface area (Å²) in [5, 5.41) is 5.77. The van der Waals surface area contributed by atoms with Crippen molar-refractivity contribution in [2.45, 2.75) is 37.8 Å². The van der Waals surface area contributed by atoms with Crippen molar-refractivity contribution in [1.29, 1.82) is 0 Å². The van der Waals surface area contributed by atoms with Crippen LogP contribution in [0.5, 0.6) is 0 Å². The molecule has 100 valence electrons. The predicted molar refractivity (Wildman–Crippen MR) is 74.5 cm³/mol. The van der Waals surface area contributed by atoms with Crippen LogP contribution in [0.4, 0.5) is 0 Å². The standard InChI is InChI=1S/C14H15BrN2O2/c15-9-2-3-10-8(7-9)1-4-11(10)16-12-5-6-13(18)17-14(12)19/h2-3,7,11-12,16H,1,4-6H2,(H,17,18,19). The summed E-state index contributed by atoms with van der Waals surface area (Å²) in [6, 6.07) is 6.24. The summed E-state index contributed by atoms with van der Waals surface area (Å²) in [6.45, 7) is 0. The maximum atomic E-state index is 11.8. The molecule has 1 aliphatic carbocycles. The Bertz CT molecular complexity index is 544. The third-order valence-electron chi connectivity index (χ3n) is 3.82. The molecular weight excluding hydrogens is 308 g/mol. The van der Waals surface area contributed by atoms with Crippen molar-refractivity contribution in [3.63, 3.8) is 0 Å². The minimum atomic E-state index is -0.253. The Kier molecular flexibility index (Phi) is 3.41. The number of aryl methyl sites for hydroxylation is 1. The second kappa shape index (κ2) is 5.06. The van der Waals surface area contributed by atoms with Gasteiger partial charge in [-0.1, -0.05) is 22.0 Å². The van der Waals surface area contributed by atoms with E-state index in [1.54, 1.807) is 0 Å². The van der Waals surface area contributed by atoms with Gasteiger partial charge in [0.15, 0.2) is 0 Å². The molecule has 19 heavy (non-hydrogen) atoms. The van der Waals surface area contributed by atoms with Crippen LogP contribution in [-0.2, 0) is 16.0 Å². The van der Waals surface area contributed by atoms with E-state index in [0.29, 0.717) is 12.8 Å². The highest BCUT2D eigenvalue weighted by atomic mass is 79.9. The fourth-order valence-corrected chi connectivity index (χ4v) is 3.26. The number of carbonyl (C=O) groups excluding carboxylic acids is 2. The maximum Gasteiger partial charge on any atom is 0.243 e. The second-order valence-corrected chi connectivity index (χ2v) is 6.02. The van der Waals surface area contributed by atoms with Crippen LogP contribution in [0.2, 0.25) is 0 Å². The molecule has 4 nitrogen and oxygen atoms in total. The van der Waals surface area contributed by atoms with Gasteiger partial charge in [-0.25, -0.2) is 0 Å². The fraction of sp³-hybridized carbons (Fsp3) is 0.429. The maximum absolute atomic E-state index is 11.8. The first-order valence-corrected chi connectivity index (χ1v) is 7.31. The van der Waals surface area contributed by atoms with E-state index in [4.69, 9.17) is 0 Å². The van der Waals surface area contributed by atoms with Crippen molar-refractivity contribution in [3.05, 3.63) is 33.8 Å². The van der Waals surface area contributed by atoms with Crippen LogP contribution >= 0.6 is 15.9 Å². The van der Waals surface area contributed by atoms with Gasteiger partial charge in [0.25, 0.3) is 0 Å². The van der Waals surface area contributed by atoms with E-state index in [-0.39, 0.29) is 23.9 Å². The van der Waals surface area contributed by atoms with Gasteiger partial charge in [-0.3, -0.25) is 20.2 Å². The lowest BCUT2D eigenvalue weighted by molar-refractivity contribution is -0.134. The number of hydrogen-bond acceptors (Lipinski definition) is 3. The van der Waals surface area contributed by atoms with Crippen LogP contribution in [0.15, 0.2) is 22.7 Å². The van der Waals surface area contributed by atoms with Crippen LogP contribution in [0, 0.1) is 0 Å². The lowest BCUT2D eigenvalue weighted by Gasteiger charge is -2.25. The predicted octanol–water partition coefficient (Wildman–Crippen LogP) is 1.83. The van der Waals surface area contributed by atoms with Crippen molar-refractivity contribution >= 4 is 27.7 Å². The number of imide groups is 1. The quantitative estimate of drug-likeness (QED) is 0.817. The first-order valence-electron chi connectivity index (χ1n) is 6.51. The molecule has 1 aromatic carbocycles. The van der Waals surface area contributed by atoms with Gasteiger partial charge in [-0.15, -0.1) is 0 Å². The Balaban J connectivity index is 1.73.